The van der Waals surface area contributed by atoms with Gasteiger partial charge in [-0.15, -0.1) is 0 Å². The van der Waals surface area contributed by atoms with Gasteiger partial charge in [0.25, 0.3) is 0 Å². The van der Waals surface area contributed by atoms with E-state index in [0.717, 1.165) is 16.6 Å². The molecule has 7 heteroatoms. The summed E-state index contributed by atoms with van der Waals surface area (Å²) in [5.41, 5.74) is 3.59. The van der Waals surface area contributed by atoms with E-state index in [4.69, 9.17) is 5.41 Å². The number of aliphatic hydroxyl groups is 1. The van der Waals surface area contributed by atoms with Crippen LogP contribution in [0.2, 0.25) is 0 Å². The van der Waals surface area contributed by atoms with E-state index in [9.17, 15) is 15.0 Å². The summed E-state index contributed by atoms with van der Waals surface area (Å²) in [4.78, 5) is 17.5. The van der Waals surface area contributed by atoms with E-state index in [2.05, 4.69) is 4.98 Å². The van der Waals surface area contributed by atoms with Crippen molar-refractivity contribution >= 4 is 34.1 Å². The van der Waals surface area contributed by atoms with E-state index in [1.54, 1.807) is 11.0 Å². The highest BCUT2D eigenvalue weighted by Gasteiger charge is 2.33. The van der Waals surface area contributed by atoms with Crippen molar-refractivity contribution in [1.29, 1.82) is 5.41 Å². The number of carbonyl (C=O) groups is 1. The van der Waals surface area contributed by atoms with Gasteiger partial charge in [0.1, 0.15) is 17.4 Å². The van der Waals surface area contributed by atoms with E-state index < -0.39 is 5.97 Å². The minimum absolute atomic E-state index is 0.0403. The Morgan fingerprint density at radius 3 is 2.67 bits per heavy atom. The highest BCUT2D eigenvalue weighted by molar-refractivity contribution is 6.30. The Kier molecular flexibility index (Phi) is 3.73. The van der Waals surface area contributed by atoms with Crippen molar-refractivity contribution < 1.29 is 15.0 Å². The molecule has 1 aromatic heterocycles. The lowest BCUT2D eigenvalue weighted by Gasteiger charge is -2.21. The van der Waals surface area contributed by atoms with E-state index >= 15 is 0 Å². The number of aromatic carboxylic acids is 1. The minimum atomic E-state index is -1.03. The third kappa shape index (κ3) is 2.55. The predicted octanol–water partition coefficient (Wildman–Crippen LogP) is 3.35. The second-order valence-electron chi connectivity index (χ2n) is 6.55. The van der Waals surface area contributed by atoms with Crippen LogP contribution in [0.5, 0.6) is 0 Å². The van der Waals surface area contributed by atoms with Gasteiger partial charge in [0, 0.05) is 12.7 Å². The molecule has 0 aliphatic carbocycles. The molecular weight excluding hydrogens is 344 g/mol. The molecule has 0 bridgehead atoms. The van der Waals surface area contributed by atoms with E-state index in [1.165, 1.54) is 12.1 Å². The normalized spacial score (nSPS) is 14.4. The van der Waals surface area contributed by atoms with Crippen molar-refractivity contribution in [3.8, 4) is 0 Å². The van der Waals surface area contributed by atoms with Crippen LogP contribution >= 0.6 is 0 Å². The topological polar surface area (TPSA) is 102 Å². The van der Waals surface area contributed by atoms with Gasteiger partial charge in [-0.05, 0) is 36.8 Å². The first-order chi connectivity index (χ1) is 12.9. The van der Waals surface area contributed by atoms with Gasteiger partial charge >= 0.3 is 5.97 Å². The van der Waals surface area contributed by atoms with Crippen molar-refractivity contribution in [2.45, 2.75) is 6.92 Å². The molecule has 3 aromatic rings. The standard InChI is InChI=1S/C20H18N4O3/c1-11-7-8-12(20(26)27)9-15(11)24-10-16(25)17(18(24)21)19-22-13-5-3-4-6-14(13)23(19)2/h3-9,21,25H,10H2,1-2H3,(H,26,27). The zero-order valence-electron chi connectivity index (χ0n) is 14.9. The Morgan fingerprint density at radius 1 is 1.22 bits per heavy atom. The number of fused-ring (bicyclic) bond motifs is 1. The van der Waals surface area contributed by atoms with Crippen molar-refractivity contribution in [2.24, 2.45) is 7.05 Å². The number of carboxylic acids is 1. The van der Waals surface area contributed by atoms with Crippen molar-refractivity contribution in [1.82, 2.24) is 9.55 Å². The fraction of sp³-hybridized carbons (Fsp3) is 0.150. The van der Waals surface area contributed by atoms with Gasteiger partial charge in [-0.3, -0.25) is 5.41 Å². The number of aryl methyl sites for hydroxylation is 2. The molecule has 1 aliphatic heterocycles. The summed E-state index contributed by atoms with van der Waals surface area (Å²) in [7, 11) is 1.84. The molecule has 7 nitrogen and oxygen atoms in total. The molecule has 0 unspecified atom stereocenters. The van der Waals surface area contributed by atoms with Crippen LogP contribution < -0.4 is 4.90 Å². The van der Waals surface area contributed by atoms with E-state index in [-0.39, 0.29) is 23.7 Å². The molecule has 0 fully saturated rings. The number of aliphatic hydroxyl groups excluding tert-OH is 1. The summed E-state index contributed by atoms with van der Waals surface area (Å²) in [6, 6.07) is 12.4. The maximum Gasteiger partial charge on any atom is 0.335 e. The SMILES string of the molecule is Cc1ccc(C(=O)O)cc1N1CC(O)=C(c2nc3ccccc3n2C)C1=N. The fourth-order valence-corrected chi connectivity index (χ4v) is 3.42. The van der Waals surface area contributed by atoms with Crippen molar-refractivity contribution in [3.05, 3.63) is 65.2 Å². The molecule has 0 saturated heterocycles. The lowest BCUT2D eigenvalue weighted by Crippen LogP contribution is -2.27. The number of imidazole rings is 1. The van der Waals surface area contributed by atoms with E-state index in [0.29, 0.717) is 17.1 Å². The summed E-state index contributed by atoms with van der Waals surface area (Å²) in [5, 5.41) is 28.5. The van der Waals surface area contributed by atoms with Crippen LogP contribution in [-0.4, -0.2) is 38.1 Å². The molecule has 1 aliphatic rings. The summed E-state index contributed by atoms with van der Waals surface area (Å²) in [5.74, 6) is -0.391. The van der Waals surface area contributed by atoms with Gasteiger partial charge in [0.2, 0.25) is 0 Å². The highest BCUT2D eigenvalue weighted by Crippen LogP contribution is 2.33. The van der Waals surface area contributed by atoms with Gasteiger partial charge in [-0.2, -0.15) is 0 Å². The van der Waals surface area contributed by atoms with Crippen LogP contribution in [0.3, 0.4) is 0 Å². The lowest BCUT2D eigenvalue weighted by molar-refractivity contribution is 0.0697. The second-order valence-corrected chi connectivity index (χ2v) is 6.55. The summed E-state index contributed by atoms with van der Waals surface area (Å²) in [6.07, 6.45) is 0. The third-order valence-electron chi connectivity index (χ3n) is 4.86. The molecule has 0 amide bonds. The number of rotatable bonds is 3. The molecule has 3 N–H and O–H groups in total. The lowest BCUT2D eigenvalue weighted by atomic mass is 10.1. The highest BCUT2D eigenvalue weighted by atomic mass is 16.4. The average Bonchev–Trinajstić information content (AvgIpc) is 3.12. The van der Waals surface area contributed by atoms with Gasteiger partial charge in [0.05, 0.1) is 28.7 Å². The average molecular weight is 362 g/mol. The number of nitrogens with one attached hydrogen (secondary N) is 1. The van der Waals surface area contributed by atoms with Crippen LogP contribution in [0.25, 0.3) is 16.6 Å². The first kappa shape index (κ1) is 16.8. The Bertz CT molecular complexity index is 1140. The smallest absolute Gasteiger partial charge is 0.335 e. The Labute approximate surface area is 155 Å². The number of aromatic nitrogens is 2. The van der Waals surface area contributed by atoms with Gasteiger partial charge in [0.15, 0.2) is 0 Å². The number of hydrogen-bond donors (Lipinski definition) is 3. The molecule has 0 saturated carbocycles. The van der Waals surface area contributed by atoms with Crippen LogP contribution in [0.1, 0.15) is 21.7 Å². The zero-order valence-corrected chi connectivity index (χ0v) is 14.9. The Balaban J connectivity index is 1.79. The summed E-state index contributed by atoms with van der Waals surface area (Å²) < 4.78 is 1.85. The predicted molar refractivity (Wildman–Crippen MR) is 103 cm³/mol. The van der Waals surface area contributed by atoms with Gasteiger partial charge in [-0.1, -0.05) is 18.2 Å². The maximum absolute atomic E-state index is 11.3. The zero-order chi connectivity index (χ0) is 19.3. The van der Waals surface area contributed by atoms with Gasteiger partial charge in [-0.25, -0.2) is 9.78 Å². The first-order valence-electron chi connectivity index (χ1n) is 8.43. The molecular formula is C20H18N4O3. The fourth-order valence-electron chi connectivity index (χ4n) is 3.42. The minimum Gasteiger partial charge on any atom is -0.509 e. The molecule has 136 valence electrons. The monoisotopic (exact) mass is 362 g/mol. The van der Waals surface area contributed by atoms with Gasteiger partial charge < -0.3 is 19.7 Å². The number of para-hydroxylation sites is 2. The number of nitrogens with zero attached hydrogens (tertiary/aromatic N) is 3. The number of carboxylic acid groups (broad SMARTS) is 1. The molecule has 27 heavy (non-hydrogen) atoms. The van der Waals surface area contributed by atoms with Crippen molar-refractivity contribution in [2.75, 3.05) is 11.4 Å². The summed E-state index contributed by atoms with van der Waals surface area (Å²) in [6.45, 7) is 1.94. The first-order valence-corrected chi connectivity index (χ1v) is 8.43. The number of amidine groups is 1. The largest absolute Gasteiger partial charge is 0.509 e. The maximum atomic E-state index is 11.3. The second kappa shape index (κ2) is 5.98. The molecule has 4 rings (SSSR count). The quantitative estimate of drug-likeness (QED) is 0.663. The molecule has 2 heterocycles. The number of benzene rings is 2. The molecule has 2 aromatic carbocycles. The van der Waals surface area contributed by atoms with Crippen LogP contribution in [0.4, 0.5) is 5.69 Å². The molecule has 0 radical (unpaired) electrons. The Hall–Kier alpha value is -3.61. The van der Waals surface area contributed by atoms with Crippen molar-refractivity contribution in [3.63, 3.8) is 0 Å². The van der Waals surface area contributed by atoms with Crippen LogP contribution in [0, 0.1) is 12.3 Å². The molecule has 0 spiro atoms. The van der Waals surface area contributed by atoms with Crippen LogP contribution in [-0.2, 0) is 7.05 Å². The van der Waals surface area contributed by atoms with E-state index in [1.807, 2.05) is 42.8 Å². The number of anilines is 1. The van der Waals surface area contributed by atoms with Crippen LogP contribution in [0.15, 0.2) is 48.2 Å². The third-order valence-corrected chi connectivity index (χ3v) is 4.86. The summed E-state index contributed by atoms with van der Waals surface area (Å²) >= 11 is 0. The molecule has 0 atom stereocenters. The number of hydrogen-bond acceptors (Lipinski definition) is 4. The Morgan fingerprint density at radius 2 is 1.96 bits per heavy atom.